The number of Topliss-reactive ketones (excluding diaryl/α,β-unsaturated/α-hetero) is 1. The fraction of sp³-hybridized carbons (Fsp3) is 0.550. The van der Waals surface area contributed by atoms with Crippen LogP contribution < -0.4 is 0 Å². The SMILES string of the molecule is O=C1CCCCCCCCCCC1/C=C/c1ccccc1. The fourth-order valence-corrected chi connectivity index (χ4v) is 3.07. The van der Waals surface area contributed by atoms with Gasteiger partial charge in [-0.3, -0.25) is 4.79 Å². The van der Waals surface area contributed by atoms with E-state index in [2.05, 4.69) is 24.3 Å². The van der Waals surface area contributed by atoms with Crippen molar-refractivity contribution in [1.29, 1.82) is 0 Å². The van der Waals surface area contributed by atoms with Crippen molar-refractivity contribution in [2.45, 2.75) is 64.2 Å². The van der Waals surface area contributed by atoms with Gasteiger partial charge in [-0.25, -0.2) is 0 Å². The number of hydrogen-bond acceptors (Lipinski definition) is 1. The molecule has 1 atom stereocenters. The number of carbonyl (C=O) groups is 1. The van der Waals surface area contributed by atoms with E-state index in [0.29, 0.717) is 5.78 Å². The second-order valence-electron chi connectivity index (χ2n) is 6.21. The molecule has 0 radical (unpaired) electrons. The van der Waals surface area contributed by atoms with Crippen molar-refractivity contribution >= 4 is 11.9 Å². The average Bonchev–Trinajstić information content (AvgIpc) is 2.51. The van der Waals surface area contributed by atoms with Gasteiger partial charge in [-0.15, -0.1) is 0 Å². The molecule has 114 valence electrons. The predicted molar refractivity (Wildman–Crippen MR) is 90.1 cm³/mol. The Morgan fingerprint density at radius 3 is 2.14 bits per heavy atom. The van der Waals surface area contributed by atoms with Crippen molar-refractivity contribution in [3.63, 3.8) is 0 Å². The highest BCUT2D eigenvalue weighted by Crippen LogP contribution is 2.20. The molecule has 21 heavy (non-hydrogen) atoms. The lowest BCUT2D eigenvalue weighted by Gasteiger charge is -2.13. The lowest BCUT2D eigenvalue weighted by Crippen LogP contribution is -2.12. The minimum atomic E-state index is 0.129. The zero-order valence-corrected chi connectivity index (χ0v) is 13.1. The number of rotatable bonds is 2. The molecule has 1 heteroatoms. The van der Waals surface area contributed by atoms with Crippen LogP contribution >= 0.6 is 0 Å². The van der Waals surface area contributed by atoms with E-state index >= 15 is 0 Å². The first-order valence-corrected chi connectivity index (χ1v) is 8.62. The lowest BCUT2D eigenvalue weighted by molar-refractivity contribution is -0.121. The quantitative estimate of drug-likeness (QED) is 0.670. The molecule has 0 saturated heterocycles. The molecule has 0 spiro atoms. The van der Waals surface area contributed by atoms with Crippen LogP contribution in [0.2, 0.25) is 0 Å². The Hall–Kier alpha value is -1.37. The van der Waals surface area contributed by atoms with Crippen molar-refractivity contribution < 1.29 is 4.79 Å². The summed E-state index contributed by atoms with van der Waals surface area (Å²) in [5, 5.41) is 0. The molecule has 0 aliphatic heterocycles. The van der Waals surface area contributed by atoms with Crippen molar-refractivity contribution in [3.05, 3.63) is 42.0 Å². The third kappa shape index (κ3) is 6.29. The summed E-state index contributed by atoms with van der Waals surface area (Å²) in [6.45, 7) is 0. The van der Waals surface area contributed by atoms with Crippen LogP contribution in [0.4, 0.5) is 0 Å². The molecule has 1 aromatic carbocycles. The Labute approximate surface area is 129 Å². The normalized spacial score (nSPS) is 22.7. The molecule has 0 N–H and O–H groups in total. The predicted octanol–water partition coefficient (Wildman–Crippen LogP) is 5.80. The van der Waals surface area contributed by atoms with Crippen LogP contribution in [0.25, 0.3) is 6.08 Å². The van der Waals surface area contributed by atoms with Gasteiger partial charge >= 0.3 is 0 Å². The van der Waals surface area contributed by atoms with E-state index in [1.165, 1.54) is 50.5 Å². The summed E-state index contributed by atoms with van der Waals surface area (Å²) in [7, 11) is 0. The van der Waals surface area contributed by atoms with Crippen LogP contribution in [0.1, 0.15) is 69.8 Å². The van der Waals surface area contributed by atoms with Crippen molar-refractivity contribution in [1.82, 2.24) is 0 Å². The number of allylic oxidation sites excluding steroid dienone is 1. The summed E-state index contributed by atoms with van der Waals surface area (Å²) < 4.78 is 0. The van der Waals surface area contributed by atoms with Gasteiger partial charge in [0.05, 0.1) is 0 Å². The first-order chi connectivity index (χ1) is 10.4. The number of benzene rings is 1. The van der Waals surface area contributed by atoms with Gasteiger partial charge in [0.15, 0.2) is 0 Å². The molecule has 1 aliphatic rings. The van der Waals surface area contributed by atoms with Crippen molar-refractivity contribution in [2.24, 2.45) is 5.92 Å². The maximum absolute atomic E-state index is 12.4. The third-order valence-electron chi connectivity index (χ3n) is 4.42. The highest BCUT2D eigenvalue weighted by molar-refractivity contribution is 5.83. The Morgan fingerprint density at radius 2 is 1.43 bits per heavy atom. The summed E-state index contributed by atoms with van der Waals surface area (Å²) in [6, 6.07) is 10.3. The molecule has 0 aromatic heterocycles. The van der Waals surface area contributed by atoms with Gasteiger partial charge in [-0.1, -0.05) is 87.4 Å². The molecule has 2 rings (SSSR count). The standard InChI is InChI=1S/C20H28O/c21-20-15-11-6-4-2-1-3-5-10-14-19(20)17-16-18-12-8-7-9-13-18/h7-9,12-13,16-17,19H,1-6,10-11,14-15H2/b17-16+. The van der Waals surface area contributed by atoms with Crippen LogP contribution in [0, 0.1) is 5.92 Å². The zero-order chi connectivity index (χ0) is 14.8. The maximum Gasteiger partial charge on any atom is 0.139 e. The summed E-state index contributed by atoms with van der Waals surface area (Å²) in [5.74, 6) is 0.576. The Kier molecular flexibility index (Phi) is 7.28. The Morgan fingerprint density at radius 1 is 0.810 bits per heavy atom. The maximum atomic E-state index is 12.4. The van der Waals surface area contributed by atoms with Crippen LogP contribution in [0.3, 0.4) is 0 Å². The lowest BCUT2D eigenvalue weighted by atomic mass is 9.91. The van der Waals surface area contributed by atoms with E-state index in [0.717, 1.165) is 19.3 Å². The molecule has 1 aliphatic carbocycles. The van der Waals surface area contributed by atoms with Gasteiger partial charge in [0, 0.05) is 12.3 Å². The molecular weight excluding hydrogens is 256 g/mol. The molecular formula is C20H28O. The van der Waals surface area contributed by atoms with E-state index in [1.54, 1.807) is 0 Å². The molecule has 1 saturated carbocycles. The minimum Gasteiger partial charge on any atom is -0.299 e. The third-order valence-corrected chi connectivity index (χ3v) is 4.42. The molecule has 1 nitrogen and oxygen atoms in total. The van der Waals surface area contributed by atoms with Crippen molar-refractivity contribution in [3.8, 4) is 0 Å². The van der Waals surface area contributed by atoms with Gasteiger partial charge in [-0.2, -0.15) is 0 Å². The Balaban J connectivity index is 1.94. The molecule has 1 aromatic rings. The van der Waals surface area contributed by atoms with E-state index < -0.39 is 0 Å². The molecule has 0 heterocycles. The molecule has 1 fully saturated rings. The van der Waals surface area contributed by atoms with E-state index in [-0.39, 0.29) is 5.92 Å². The summed E-state index contributed by atoms with van der Waals surface area (Å²) in [6.07, 6.45) is 16.2. The first-order valence-electron chi connectivity index (χ1n) is 8.62. The zero-order valence-electron chi connectivity index (χ0n) is 13.1. The molecule has 1 unspecified atom stereocenters. The monoisotopic (exact) mass is 284 g/mol. The van der Waals surface area contributed by atoms with Gasteiger partial charge in [0.1, 0.15) is 5.78 Å². The highest BCUT2D eigenvalue weighted by atomic mass is 16.1. The summed E-state index contributed by atoms with van der Waals surface area (Å²) >= 11 is 0. The minimum absolute atomic E-state index is 0.129. The second kappa shape index (κ2) is 9.55. The van der Waals surface area contributed by atoms with E-state index in [9.17, 15) is 4.79 Å². The summed E-state index contributed by atoms with van der Waals surface area (Å²) in [5.41, 5.74) is 1.19. The highest BCUT2D eigenvalue weighted by Gasteiger charge is 2.15. The van der Waals surface area contributed by atoms with Crippen LogP contribution in [0.5, 0.6) is 0 Å². The van der Waals surface area contributed by atoms with Crippen LogP contribution in [-0.2, 0) is 4.79 Å². The Bertz CT molecular complexity index is 432. The second-order valence-corrected chi connectivity index (χ2v) is 6.21. The molecule has 0 amide bonds. The first kappa shape index (κ1) is 16.0. The van der Waals surface area contributed by atoms with Gasteiger partial charge in [-0.05, 0) is 18.4 Å². The van der Waals surface area contributed by atoms with Gasteiger partial charge < -0.3 is 0 Å². The van der Waals surface area contributed by atoms with Crippen LogP contribution in [0.15, 0.2) is 36.4 Å². The number of ketones is 1. The number of carbonyl (C=O) groups excluding carboxylic acids is 1. The van der Waals surface area contributed by atoms with E-state index in [4.69, 9.17) is 0 Å². The van der Waals surface area contributed by atoms with Crippen molar-refractivity contribution in [2.75, 3.05) is 0 Å². The van der Waals surface area contributed by atoms with Gasteiger partial charge in [0.2, 0.25) is 0 Å². The smallest absolute Gasteiger partial charge is 0.139 e. The average molecular weight is 284 g/mol. The fourth-order valence-electron chi connectivity index (χ4n) is 3.07. The van der Waals surface area contributed by atoms with E-state index in [1.807, 2.05) is 18.2 Å². The van der Waals surface area contributed by atoms with Crippen LogP contribution in [-0.4, -0.2) is 5.78 Å². The molecule has 0 bridgehead atoms. The largest absolute Gasteiger partial charge is 0.299 e. The topological polar surface area (TPSA) is 17.1 Å². The summed E-state index contributed by atoms with van der Waals surface area (Å²) in [4.78, 5) is 12.4. The number of hydrogen-bond donors (Lipinski definition) is 0. The van der Waals surface area contributed by atoms with Gasteiger partial charge in [0.25, 0.3) is 0 Å².